The lowest BCUT2D eigenvalue weighted by molar-refractivity contribution is 0.0475. The first kappa shape index (κ1) is 19.3. The van der Waals surface area contributed by atoms with Gasteiger partial charge in [0.05, 0.1) is 10.6 Å². The molecule has 0 bridgehead atoms. The molecule has 0 aliphatic carbocycles. The van der Waals surface area contributed by atoms with Crippen LogP contribution in [0.4, 0.5) is 5.69 Å². The zero-order valence-corrected chi connectivity index (χ0v) is 15.5. The number of amides is 1. The molecule has 0 saturated carbocycles. The number of Topliss-reactive ketones (excluding diaryl/α,β-unsaturated/α-hetero) is 1. The van der Waals surface area contributed by atoms with Crippen molar-refractivity contribution in [3.05, 3.63) is 101 Å². The first-order chi connectivity index (χ1) is 13.5. The van der Waals surface area contributed by atoms with Gasteiger partial charge in [-0.2, -0.15) is 0 Å². The van der Waals surface area contributed by atoms with Crippen LogP contribution in [0.5, 0.6) is 0 Å². The highest BCUT2D eigenvalue weighted by molar-refractivity contribution is 6.33. The molecule has 0 aliphatic rings. The number of anilines is 1. The molecule has 0 heterocycles. The molecular formula is C22H16ClNO4. The molecule has 3 aromatic rings. The molecule has 0 aliphatic heterocycles. The van der Waals surface area contributed by atoms with Crippen LogP contribution >= 0.6 is 11.6 Å². The van der Waals surface area contributed by atoms with Gasteiger partial charge in [0.1, 0.15) is 0 Å². The van der Waals surface area contributed by atoms with Gasteiger partial charge in [0.25, 0.3) is 5.91 Å². The summed E-state index contributed by atoms with van der Waals surface area (Å²) in [6.45, 7) is -0.403. The summed E-state index contributed by atoms with van der Waals surface area (Å²) in [7, 11) is 0. The summed E-state index contributed by atoms with van der Waals surface area (Å²) >= 11 is 5.93. The van der Waals surface area contributed by atoms with E-state index in [1.54, 1.807) is 66.7 Å². The number of carbonyl (C=O) groups excluding carboxylic acids is 3. The van der Waals surface area contributed by atoms with E-state index in [-0.39, 0.29) is 22.3 Å². The van der Waals surface area contributed by atoms with Crippen molar-refractivity contribution >= 4 is 34.9 Å². The molecule has 0 atom stereocenters. The van der Waals surface area contributed by atoms with Crippen molar-refractivity contribution in [2.75, 3.05) is 11.9 Å². The van der Waals surface area contributed by atoms with E-state index < -0.39 is 12.6 Å². The smallest absolute Gasteiger partial charge is 0.340 e. The number of rotatable bonds is 6. The van der Waals surface area contributed by atoms with E-state index in [1.165, 1.54) is 6.07 Å². The summed E-state index contributed by atoms with van der Waals surface area (Å²) in [5.74, 6) is -1.26. The molecule has 5 nitrogen and oxygen atoms in total. The number of benzene rings is 3. The number of halogens is 1. The Labute approximate surface area is 166 Å². The van der Waals surface area contributed by atoms with Crippen LogP contribution in [0, 0.1) is 0 Å². The quantitative estimate of drug-likeness (QED) is 0.489. The second-order valence-corrected chi connectivity index (χ2v) is 6.28. The fourth-order valence-corrected chi connectivity index (χ4v) is 2.66. The van der Waals surface area contributed by atoms with E-state index >= 15 is 0 Å². The van der Waals surface area contributed by atoms with Crippen molar-refractivity contribution in [1.82, 2.24) is 0 Å². The molecule has 3 aromatic carbocycles. The molecular weight excluding hydrogens is 378 g/mol. The van der Waals surface area contributed by atoms with Gasteiger partial charge in [0.15, 0.2) is 12.4 Å². The Morgan fingerprint density at radius 3 is 2.11 bits per heavy atom. The number of hydrogen-bond acceptors (Lipinski definition) is 4. The number of esters is 1. The van der Waals surface area contributed by atoms with Gasteiger partial charge < -0.3 is 10.1 Å². The molecule has 140 valence electrons. The zero-order valence-electron chi connectivity index (χ0n) is 14.7. The third kappa shape index (κ3) is 4.84. The van der Waals surface area contributed by atoms with Crippen LogP contribution in [0.2, 0.25) is 5.02 Å². The summed E-state index contributed by atoms with van der Waals surface area (Å²) in [6.07, 6.45) is 0. The third-order valence-corrected chi connectivity index (χ3v) is 4.26. The largest absolute Gasteiger partial charge is 0.454 e. The van der Waals surface area contributed by atoms with Crippen LogP contribution in [0.1, 0.15) is 31.1 Å². The van der Waals surface area contributed by atoms with E-state index in [1.807, 2.05) is 6.07 Å². The summed E-state index contributed by atoms with van der Waals surface area (Å²) in [5.41, 5.74) is 1.66. The highest BCUT2D eigenvalue weighted by atomic mass is 35.5. The van der Waals surface area contributed by atoms with Gasteiger partial charge in [-0.05, 0) is 48.5 Å². The van der Waals surface area contributed by atoms with Crippen molar-refractivity contribution in [2.45, 2.75) is 0 Å². The number of hydrogen-bond donors (Lipinski definition) is 1. The number of ketones is 1. The minimum absolute atomic E-state index is 0.205. The topological polar surface area (TPSA) is 72.5 Å². The van der Waals surface area contributed by atoms with Crippen molar-refractivity contribution < 1.29 is 19.1 Å². The number of ether oxygens (including phenoxy) is 1. The van der Waals surface area contributed by atoms with E-state index in [0.29, 0.717) is 16.8 Å². The summed E-state index contributed by atoms with van der Waals surface area (Å²) in [5, 5.41) is 3.01. The monoisotopic (exact) mass is 393 g/mol. The van der Waals surface area contributed by atoms with Gasteiger partial charge in [-0.15, -0.1) is 0 Å². The number of nitrogens with one attached hydrogen (secondary N) is 1. The number of carbonyl (C=O) groups is 3. The minimum atomic E-state index is -0.661. The Balaban J connectivity index is 1.57. The lowest BCUT2D eigenvalue weighted by atomic mass is 10.1. The van der Waals surface area contributed by atoms with E-state index in [0.717, 1.165) is 0 Å². The average molecular weight is 394 g/mol. The maximum Gasteiger partial charge on any atom is 0.340 e. The van der Waals surface area contributed by atoms with Crippen molar-refractivity contribution in [3.8, 4) is 0 Å². The van der Waals surface area contributed by atoms with Crippen LogP contribution < -0.4 is 5.32 Å². The lowest BCUT2D eigenvalue weighted by Gasteiger charge is -2.08. The Morgan fingerprint density at radius 2 is 1.43 bits per heavy atom. The normalized spacial score (nSPS) is 10.2. The molecule has 0 unspecified atom stereocenters. The highest BCUT2D eigenvalue weighted by Gasteiger charge is 2.14. The molecule has 28 heavy (non-hydrogen) atoms. The second kappa shape index (κ2) is 8.97. The predicted molar refractivity (Wildman–Crippen MR) is 107 cm³/mol. The molecule has 0 saturated heterocycles. The van der Waals surface area contributed by atoms with Crippen LogP contribution in [-0.2, 0) is 4.74 Å². The first-order valence-electron chi connectivity index (χ1n) is 8.46. The van der Waals surface area contributed by atoms with Crippen molar-refractivity contribution in [1.29, 1.82) is 0 Å². The fourth-order valence-electron chi connectivity index (χ4n) is 2.45. The summed E-state index contributed by atoms with van der Waals surface area (Å²) in [4.78, 5) is 36.4. The van der Waals surface area contributed by atoms with Gasteiger partial charge in [0.2, 0.25) is 0 Å². The van der Waals surface area contributed by atoms with Crippen molar-refractivity contribution in [3.63, 3.8) is 0 Å². The first-order valence-corrected chi connectivity index (χ1v) is 8.84. The molecule has 0 aromatic heterocycles. The van der Waals surface area contributed by atoms with Gasteiger partial charge >= 0.3 is 5.97 Å². The molecule has 0 radical (unpaired) electrons. The Kier molecular flexibility index (Phi) is 6.19. The maximum atomic E-state index is 12.2. The van der Waals surface area contributed by atoms with Crippen molar-refractivity contribution in [2.24, 2.45) is 0 Å². The Hall–Kier alpha value is -3.44. The van der Waals surface area contributed by atoms with Crippen LogP contribution in [0.25, 0.3) is 0 Å². The van der Waals surface area contributed by atoms with E-state index in [9.17, 15) is 14.4 Å². The average Bonchev–Trinajstić information content (AvgIpc) is 2.73. The lowest BCUT2D eigenvalue weighted by Crippen LogP contribution is -2.15. The van der Waals surface area contributed by atoms with Gasteiger partial charge in [-0.25, -0.2) is 4.79 Å². The summed E-state index contributed by atoms with van der Waals surface area (Å²) < 4.78 is 5.04. The molecule has 6 heteroatoms. The van der Waals surface area contributed by atoms with Crippen LogP contribution in [-0.4, -0.2) is 24.3 Å². The Bertz CT molecular complexity index is 1000. The molecule has 3 rings (SSSR count). The van der Waals surface area contributed by atoms with Crippen LogP contribution in [0.15, 0.2) is 78.9 Å². The predicted octanol–water partition coefficient (Wildman–Crippen LogP) is 4.63. The second-order valence-electron chi connectivity index (χ2n) is 5.88. The molecule has 0 spiro atoms. The van der Waals surface area contributed by atoms with Crippen LogP contribution in [0.3, 0.4) is 0 Å². The Morgan fingerprint density at radius 1 is 0.786 bits per heavy atom. The van der Waals surface area contributed by atoms with Gasteiger partial charge in [0, 0.05) is 16.8 Å². The minimum Gasteiger partial charge on any atom is -0.454 e. The van der Waals surface area contributed by atoms with E-state index in [4.69, 9.17) is 16.3 Å². The molecule has 1 amide bonds. The third-order valence-electron chi connectivity index (χ3n) is 3.93. The van der Waals surface area contributed by atoms with Gasteiger partial charge in [-0.1, -0.05) is 41.9 Å². The fraction of sp³-hybridized carbons (Fsp3) is 0.0455. The molecule has 0 fully saturated rings. The SMILES string of the molecule is O=C(COC(=O)c1ccccc1Cl)c1ccc(NC(=O)c2ccccc2)cc1. The summed E-state index contributed by atoms with van der Waals surface area (Å²) in [6, 6.07) is 21.6. The standard InChI is InChI=1S/C22H16ClNO4/c23-19-9-5-4-8-18(19)22(27)28-14-20(25)15-10-12-17(13-11-15)24-21(26)16-6-2-1-3-7-16/h1-13H,14H2,(H,24,26). The highest BCUT2D eigenvalue weighted by Crippen LogP contribution is 2.16. The maximum absolute atomic E-state index is 12.2. The van der Waals surface area contributed by atoms with E-state index in [2.05, 4.69) is 5.32 Å². The van der Waals surface area contributed by atoms with Gasteiger partial charge in [-0.3, -0.25) is 9.59 Å². The zero-order chi connectivity index (χ0) is 19.9. The molecule has 1 N–H and O–H groups in total.